The highest BCUT2D eigenvalue weighted by Crippen LogP contribution is 2.04. The normalized spacial score (nSPS) is 11.9. The first-order chi connectivity index (χ1) is 8.04. The lowest BCUT2D eigenvalue weighted by Crippen LogP contribution is -2.39. The van der Waals surface area contributed by atoms with Crippen LogP contribution in [0.2, 0.25) is 0 Å². The molecule has 1 aromatic carbocycles. The summed E-state index contributed by atoms with van der Waals surface area (Å²) in [6.45, 7) is 2.19. The molecule has 0 aliphatic carbocycles. The van der Waals surface area contributed by atoms with Gasteiger partial charge in [-0.3, -0.25) is 4.79 Å². The Morgan fingerprint density at radius 3 is 2.41 bits per heavy atom. The van der Waals surface area contributed by atoms with Gasteiger partial charge in [0.1, 0.15) is 0 Å². The Labute approximate surface area is 99.6 Å². The second-order valence-electron chi connectivity index (χ2n) is 3.73. The first kappa shape index (κ1) is 13.2. The zero-order chi connectivity index (χ0) is 12.8. The largest absolute Gasteiger partial charge is 0.478 e. The number of hydrogen-bond donors (Lipinski definition) is 3. The van der Waals surface area contributed by atoms with Crippen molar-refractivity contribution in [3.63, 3.8) is 0 Å². The van der Waals surface area contributed by atoms with Crippen LogP contribution >= 0.6 is 0 Å². The number of benzene rings is 1. The maximum Gasteiger partial charge on any atom is 0.335 e. The molecule has 92 valence electrons. The van der Waals surface area contributed by atoms with E-state index in [2.05, 4.69) is 5.32 Å². The summed E-state index contributed by atoms with van der Waals surface area (Å²) in [5, 5.41) is 11.4. The van der Waals surface area contributed by atoms with Crippen molar-refractivity contribution < 1.29 is 14.7 Å². The van der Waals surface area contributed by atoms with E-state index in [-0.39, 0.29) is 11.5 Å². The third kappa shape index (κ3) is 3.88. The number of amides is 1. The van der Waals surface area contributed by atoms with Gasteiger partial charge < -0.3 is 16.2 Å². The number of carboxylic acids is 1. The fourth-order valence-electron chi connectivity index (χ4n) is 1.27. The Hall–Kier alpha value is -1.88. The lowest BCUT2D eigenvalue weighted by molar-refractivity contribution is -0.122. The van der Waals surface area contributed by atoms with E-state index in [9.17, 15) is 9.59 Å². The van der Waals surface area contributed by atoms with Gasteiger partial charge >= 0.3 is 5.97 Å². The predicted molar refractivity (Wildman–Crippen MR) is 63.5 cm³/mol. The van der Waals surface area contributed by atoms with Crippen molar-refractivity contribution in [1.29, 1.82) is 0 Å². The Balaban J connectivity index is 2.53. The number of nitrogens with two attached hydrogens (primary N) is 1. The van der Waals surface area contributed by atoms with Gasteiger partial charge in [-0.2, -0.15) is 0 Å². The van der Waals surface area contributed by atoms with Gasteiger partial charge in [0.2, 0.25) is 5.91 Å². The monoisotopic (exact) mass is 236 g/mol. The Morgan fingerprint density at radius 2 is 1.94 bits per heavy atom. The average Bonchev–Trinajstić information content (AvgIpc) is 2.35. The molecule has 1 atom stereocenters. The zero-order valence-electron chi connectivity index (χ0n) is 9.64. The summed E-state index contributed by atoms with van der Waals surface area (Å²) in [6, 6.07) is 5.85. The minimum atomic E-state index is -0.964. The fourth-order valence-corrected chi connectivity index (χ4v) is 1.27. The van der Waals surface area contributed by atoms with E-state index < -0.39 is 12.0 Å². The number of carbonyl (C=O) groups is 2. The highest BCUT2D eigenvalue weighted by molar-refractivity contribution is 5.87. The van der Waals surface area contributed by atoms with Crippen molar-refractivity contribution in [1.82, 2.24) is 5.32 Å². The maximum absolute atomic E-state index is 11.4. The summed E-state index contributed by atoms with van der Waals surface area (Å²) in [6.07, 6.45) is 0.587. The molecular formula is C12H16N2O3. The third-order valence-electron chi connectivity index (χ3n) is 2.44. The molecule has 5 nitrogen and oxygen atoms in total. The number of carbonyl (C=O) groups excluding carboxylic acids is 1. The molecule has 0 fully saturated rings. The SMILES string of the molecule is CCC(N)C(=O)NCc1ccc(C(=O)O)cc1. The molecule has 0 bridgehead atoms. The van der Waals surface area contributed by atoms with Gasteiger partial charge in [0.05, 0.1) is 11.6 Å². The highest BCUT2D eigenvalue weighted by atomic mass is 16.4. The Kier molecular flexibility index (Phi) is 4.66. The Morgan fingerprint density at radius 1 is 1.35 bits per heavy atom. The topological polar surface area (TPSA) is 92.4 Å². The summed E-state index contributed by atoms with van der Waals surface area (Å²) < 4.78 is 0. The van der Waals surface area contributed by atoms with Crippen LogP contribution < -0.4 is 11.1 Å². The molecule has 1 aromatic rings. The fraction of sp³-hybridized carbons (Fsp3) is 0.333. The molecule has 0 radical (unpaired) electrons. The van der Waals surface area contributed by atoms with Crippen molar-refractivity contribution in [3.8, 4) is 0 Å². The molecule has 0 heterocycles. The summed E-state index contributed by atoms with van der Waals surface area (Å²) in [7, 11) is 0. The second kappa shape index (κ2) is 6.00. The molecule has 0 aliphatic heterocycles. The molecule has 1 unspecified atom stereocenters. The first-order valence-electron chi connectivity index (χ1n) is 5.40. The molecule has 1 amide bonds. The second-order valence-corrected chi connectivity index (χ2v) is 3.73. The van der Waals surface area contributed by atoms with E-state index in [0.29, 0.717) is 13.0 Å². The van der Waals surface area contributed by atoms with Gasteiger partial charge in [0.25, 0.3) is 0 Å². The van der Waals surface area contributed by atoms with E-state index in [1.807, 2.05) is 6.92 Å². The number of aromatic carboxylic acids is 1. The quantitative estimate of drug-likeness (QED) is 0.703. The van der Waals surface area contributed by atoms with E-state index in [1.54, 1.807) is 12.1 Å². The summed E-state index contributed by atoms with van der Waals surface area (Å²) >= 11 is 0. The van der Waals surface area contributed by atoms with Gasteiger partial charge in [0.15, 0.2) is 0 Å². The van der Waals surface area contributed by atoms with E-state index in [4.69, 9.17) is 10.8 Å². The van der Waals surface area contributed by atoms with Crippen molar-refractivity contribution in [2.45, 2.75) is 25.9 Å². The van der Waals surface area contributed by atoms with Gasteiger partial charge in [-0.25, -0.2) is 4.79 Å². The smallest absolute Gasteiger partial charge is 0.335 e. The molecule has 0 saturated heterocycles. The highest BCUT2D eigenvalue weighted by Gasteiger charge is 2.10. The first-order valence-corrected chi connectivity index (χ1v) is 5.40. The molecule has 4 N–H and O–H groups in total. The van der Waals surface area contributed by atoms with Crippen molar-refractivity contribution in [2.24, 2.45) is 5.73 Å². The van der Waals surface area contributed by atoms with Crippen LogP contribution in [-0.2, 0) is 11.3 Å². The molecule has 5 heteroatoms. The number of rotatable bonds is 5. The van der Waals surface area contributed by atoms with E-state index >= 15 is 0 Å². The van der Waals surface area contributed by atoms with Gasteiger partial charge in [-0.1, -0.05) is 19.1 Å². The van der Waals surface area contributed by atoms with Crippen LogP contribution in [0, 0.1) is 0 Å². The van der Waals surface area contributed by atoms with Crippen molar-refractivity contribution in [3.05, 3.63) is 35.4 Å². The predicted octanol–water partition coefficient (Wildman–Crippen LogP) is 0.738. The molecule has 0 aliphatic rings. The van der Waals surface area contributed by atoms with Crippen LogP contribution in [0.15, 0.2) is 24.3 Å². The minimum absolute atomic E-state index is 0.199. The van der Waals surface area contributed by atoms with Crippen LogP contribution in [0.5, 0.6) is 0 Å². The van der Waals surface area contributed by atoms with Gasteiger partial charge in [-0.05, 0) is 24.1 Å². The van der Waals surface area contributed by atoms with E-state index in [1.165, 1.54) is 12.1 Å². The third-order valence-corrected chi connectivity index (χ3v) is 2.44. The molecule has 0 saturated carbocycles. The van der Waals surface area contributed by atoms with Crippen molar-refractivity contribution in [2.75, 3.05) is 0 Å². The van der Waals surface area contributed by atoms with Gasteiger partial charge in [-0.15, -0.1) is 0 Å². The van der Waals surface area contributed by atoms with Crippen molar-refractivity contribution >= 4 is 11.9 Å². The summed E-state index contributed by atoms with van der Waals surface area (Å²) in [4.78, 5) is 22.0. The lowest BCUT2D eigenvalue weighted by Gasteiger charge is -2.10. The molecular weight excluding hydrogens is 220 g/mol. The lowest BCUT2D eigenvalue weighted by atomic mass is 10.1. The summed E-state index contributed by atoms with van der Waals surface area (Å²) in [5.74, 6) is -1.16. The molecule has 0 aromatic heterocycles. The zero-order valence-corrected chi connectivity index (χ0v) is 9.64. The molecule has 17 heavy (non-hydrogen) atoms. The van der Waals surface area contributed by atoms with Crippen LogP contribution in [0.1, 0.15) is 29.3 Å². The van der Waals surface area contributed by atoms with Crippen LogP contribution in [0.3, 0.4) is 0 Å². The average molecular weight is 236 g/mol. The Bertz CT molecular complexity index is 401. The van der Waals surface area contributed by atoms with Gasteiger partial charge in [0, 0.05) is 6.54 Å². The molecule has 1 rings (SSSR count). The molecule has 0 spiro atoms. The minimum Gasteiger partial charge on any atom is -0.478 e. The van der Waals surface area contributed by atoms with Crippen LogP contribution in [0.4, 0.5) is 0 Å². The number of nitrogens with one attached hydrogen (secondary N) is 1. The summed E-state index contributed by atoms with van der Waals surface area (Å²) in [5.41, 5.74) is 6.62. The standard InChI is InChI=1S/C12H16N2O3/c1-2-10(13)11(15)14-7-8-3-5-9(6-4-8)12(16)17/h3-6,10H,2,7,13H2,1H3,(H,14,15)(H,16,17). The maximum atomic E-state index is 11.4. The van der Waals surface area contributed by atoms with E-state index in [0.717, 1.165) is 5.56 Å². The van der Waals surface area contributed by atoms with Crippen LogP contribution in [0.25, 0.3) is 0 Å². The number of carboxylic acid groups (broad SMARTS) is 1. The number of hydrogen-bond acceptors (Lipinski definition) is 3. The van der Waals surface area contributed by atoms with Crippen LogP contribution in [-0.4, -0.2) is 23.0 Å².